The van der Waals surface area contributed by atoms with Gasteiger partial charge in [-0.3, -0.25) is 4.90 Å². The zero-order valence-electron chi connectivity index (χ0n) is 9.14. The number of nitrogens with zero attached hydrogens (tertiary/aromatic N) is 4. The molecule has 0 spiro atoms. The maximum absolute atomic E-state index is 11.4. The summed E-state index contributed by atoms with van der Waals surface area (Å²) in [7, 11) is 3.66. The summed E-state index contributed by atoms with van der Waals surface area (Å²) in [6, 6.07) is 0. The van der Waals surface area contributed by atoms with Crippen LogP contribution in [0.1, 0.15) is 18.5 Å². The largest absolute Gasteiger partial charge is 0.539 e. The van der Waals surface area contributed by atoms with Crippen molar-refractivity contribution in [2.75, 3.05) is 32.2 Å². The van der Waals surface area contributed by atoms with Gasteiger partial charge in [-0.2, -0.15) is 5.01 Å². The van der Waals surface area contributed by atoms with Crippen LogP contribution in [0.4, 0.5) is 0 Å². The van der Waals surface area contributed by atoms with Gasteiger partial charge in [-0.05, 0) is 25.9 Å². The van der Waals surface area contributed by atoms with Gasteiger partial charge in [0.15, 0.2) is 5.95 Å². The Morgan fingerprint density at radius 1 is 1.47 bits per heavy atom. The van der Waals surface area contributed by atoms with Crippen molar-refractivity contribution in [2.45, 2.75) is 19.4 Å². The van der Waals surface area contributed by atoms with E-state index in [1.165, 1.54) is 17.6 Å². The van der Waals surface area contributed by atoms with E-state index in [1.54, 1.807) is 5.01 Å². The third kappa shape index (κ3) is 2.04. The molecule has 0 radical (unpaired) electrons. The van der Waals surface area contributed by atoms with Gasteiger partial charge in [0.2, 0.25) is 0 Å². The molecule has 6 heteroatoms. The molecular formula is C9H16N4O2. The van der Waals surface area contributed by atoms with Crippen LogP contribution in [0.25, 0.3) is 0 Å². The summed E-state index contributed by atoms with van der Waals surface area (Å²) in [6.07, 6.45) is 2.42. The van der Waals surface area contributed by atoms with Gasteiger partial charge in [0.05, 0.1) is 20.6 Å². The van der Waals surface area contributed by atoms with Crippen molar-refractivity contribution in [3.63, 3.8) is 0 Å². The molecule has 0 unspecified atom stereocenters. The molecule has 15 heavy (non-hydrogen) atoms. The van der Waals surface area contributed by atoms with Crippen LogP contribution in [-0.2, 0) is 6.54 Å². The van der Waals surface area contributed by atoms with Gasteiger partial charge in [0.1, 0.15) is 5.27 Å². The Morgan fingerprint density at radius 3 is 2.73 bits per heavy atom. The highest BCUT2D eigenvalue weighted by molar-refractivity contribution is 5.03. The molecule has 1 aromatic rings. The molecule has 0 bridgehead atoms. The molecule has 2 rings (SSSR count). The maximum atomic E-state index is 11.4. The van der Waals surface area contributed by atoms with E-state index in [4.69, 9.17) is 0 Å². The Hall–Kier alpha value is -1.30. The van der Waals surface area contributed by atoms with E-state index in [9.17, 15) is 5.11 Å². The summed E-state index contributed by atoms with van der Waals surface area (Å²) in [4.78, 5) is 3.76. The number of likely N-dealkylation sites (tertiary alicyclic amines) is 1. The van der Waals surface area contributed by atoms with Gasteiger partial charge in [0, 0.05) is 4.79 Å². The monoisotopic (exact) mass is 212 g/mol. The average Bonchev–Trinajstić information content (AvgIpc) is 2.78. The lowest BCUT2D eigenvalue weighted by molar-refractivity contribution is -0.760. The van der Waals surface area contributed by atoms with Crippen LogP contribution in [0.5, 0.6) is 5.95 Å². The first kappa shape index (κ1) is 10.2. The van der Waals surface area contributed by atoms with Crippen LogP contribution >= 0.6 is 0 Å². The molecule has 1 aromatic heterocycles. The standard InChI is InChI=1S/C9H16N4O2/c1-11(2)13-8(9(14)15-10-13)7-12-5-3-4-6-12/h3-7H2,1-2H3. The first-order valence-electron chi connectivity index (χ1n) is 5.16. The third-order valence-corrected chi connectivity index (χ3v) is 2.63. The Labute approximate surface area is 88.6 Å². The van der Waals surface area contributed by atoms with Crippen molar-refractivity contribution >= 4 is 0 Å². The Balaban J connectivity index is 2.14. The molecule has 1 aliphatic heterocycles. The molecule has 84 valence electrons. The first-order chi connectivity index (χ1) is 7.18. The third-order valence-electron chi connectivity index (χ3n) is 2.63. The summed E-state index contributed by atoms with van der Waals surface area (Å²) in [5.74, 6) is -0.337. The quantitative estimate of drug-likeness (QED) is 0.591. The summed E-state index contributed by atoms with van der Waals surface area (Å²) < 4.78 is 4.66. The fourth-order valence-corrected chi connectivity index (χ4v) is 1.85. The molecule has 0 amide bonds. The van der Waals surface area contributed by atoms with Crippen LogP contribution < -0.4 is 14.9 Å². The molecule has 0 aliphatic carbocycles. The first-order valence-corrected chi connectivity index (χ1v) is 5.16. The second kappa shape index (κ2) is 4.06. The minimum Gasteiger partial charge on any atom is -0.539 e. The molecule has 0 N–H and O–H groups in total. The van der Waals surface area contributed by atoms with Gasteiger partial charge >= 0.3 is 0 Å². The average molecular weight is 212 g/mol. The van der Waals surface area contributed by atoms with Gasteiger partial charge < -0.3 is 9.63 Å². The predicted octanol–water partition coefficient (Wildman–Crippen LogP) is -1.17. The fraction of sp³-hybridized carbons (Fsp3) is 0.778. The predicted molar refractivity (Wildman–Crippen MR) is 50.7 cm³/mol. The van der Waals surface area contributed by atoms with E-state index in [2.05, 4.69) is 14.7 Å². The summed E-state index contributed by atoms with van der Waals surface area (Å²) >= 11 is 0. The summed E-state index contributed by atoms with van der Waals surface area (Å²) in [5.41, 5.74) is 0.599. The van der Waals surface area contributed by atoms with Crippen molar-refractivity contribution < 1.29 is 14.4 Å². The minimum absolute atomic E-state index is 0.337. The second-order valence-electron chi connectivity index (χ2n) is 4.03. The van der Waals surface area contributed by atoms with Crippen LogP contribution in [-0.4, -0.2) is 37.4 Å². The van der Waals surface area contributed by atoms with Crippen molar-refractivity contribution in [3.05, 3.63) is 5.69 Å². The van der Waals surface area contributed by atoms with Crippen LogP contribution in [0, 0.1) is 0 Å². The number of hydrogen-bond donors (Lipinski definition) is 0. The number of hydrogen-bond acceptors (Lipinski definition) is 5. The van der Waals surface area contributed by atoms with E-state index in [-0.39, 0.29) is 5.95 Å². The molecule has 0 saturated carbocycles. The van der Waals surface area contributed by atoms with E-state index >= 15 is 0 Å². The van der Waals surface area contributed by atoms with Gasteiger partial charge in [-0.15, -0.1) is 0 Å². The highest BCUT2D eigenvalue weighted by Gasteiger charge is 2.24. The molecule has 0 atom stereocenters. The SMILES string of the molecule is CN(C)[n+]1noc([O-])c1CN1CCCC1. The zero-order valence-corrected chi connectivity index (χ0v) is 9.14. The molecule has 1 saturated heterocycles. The lowest BCUT2D eigenvalue weighted by atomic mass is 10.4. The summed E-state index contributed by atoms with van der Waals surface area (Å²) in [6.45, 7) is 2.73. The van der Waals surface area contributed by atoms with Gasteiger partial charge in [-0.25, -0.2) is 0 Å². The van der Waals surface area contributed by atoms with E-state index < -0.39 is 0 Å². The van der Waals surface area contributed by atoms with Gasteiger partial charge in [0.25, 0.3) is 5.69 Å². The molecule has 6 nitrogen and oxygen atoms in total. The van der Waals surface area contributed by atoms with Crippen molar-refractivity contribution in [1.82, 2.24) is 10.2 Å². The van der Waals surface area contributed by atoms with E-state index in [0.29, 0.717) is 12.2 Å². The number of rotatable bonds is 3. The van der Waals surface area contributed by atoms with Crippen LogP contribution in [0.2, 0.25) is 0 Å². The minimum atomic E-state index is -0.337. The number of aromatic nitrogens is 2. The lowest BCUT2D eigenvalue weighted by Gasteiger charge is -2.12. The highest BCUT2D eigenvalue weighted by atomic mass is 16.6. The Kier molecular flexibility index (Phi) is 2.77. The zero-order chi connectivity index (χ0) is 10.8. The molecular weight excluding hydrogens is 196 g/mol. The van der Waals surface area contributed by atoms with Crippen LogP contribution in [0.3, 0.4) is 0 Å². The smallest absolute Gasteiger partial charge is 0.281 e. The molecule has 0 aromatic carbocycles. The highest BCUT2D eigenvalue weighted by Crippen LogP contribution is 2.14. The van der Waals surface area contributed by atoms with E-state index in [0.717, 1.165) is 13.1 Å². The van der Waals surface area contributed by atoms with Crippen LogP contribution in [0.15, 0.2) is 4.52 Å². The van der Waals surface area contributed by atoms with Gasteiger partial charge in [-0.1, -0.05) is 0 Å². The summed E-state index contributed by atoms with van der Waals surface area (Å²) in [5, 5.41) is 16.8. The van der Waals surface area contributed by atoms with Crippen molar-refractivity contribution in [2.24, 2.45) is 0 Å². The maximum Gasteiger partial charge on any atom is 0.281 e. The lowest BCUT2D eigenvalue weighted by Crippen LogP contribution is -2.57. The molecule has 2 heterocycles. The normalized spacial score (nSPS) is 17.2. The molecule has 1 fully saturated rings. The molecule has 1 aliphatic rings. The topological polar surface area (TPSA) is 59.5 Å². The Morgan fingerprint density at radius 2 is 2.13 bits per heavy atom. The fourth-order valence-electron chi connectivity index (χ4n) is 1.85. The van der Waals surface area contributed by atoms with Crippen molar-refractivity contribution in [3.8, 4) is 5.95 Å². The second-order valence-corrected chi connectivity index (χ2v) is 4.03. The van der Waals surface area contributed by atoms with Crippen molar-refractivity contribution in [1.29, 1.82) is 0 Å². The Bertz CT molecular complexity index is 331. The van der Waals surface area contributed by atoms with E-state index in [1.807, 2.05) is 14.1 Å².